The van der Waals surface area contributed by atoms with Gasteiger partial charge in [-0.2, -0.15) is 0 Å². The van der Waals surface area contributed by atoms with Gasteiger partial charge < -0.3 is 19.0 Å². The lowest BCUT2D eigenvalue weighted by atomic mass is 10.1. The summed E-state index contributed by atoms with van der Waals surface area (Å²) in [6, 6.07) is 11.4. The fourth-order valence-corrected chi connectivity index (χ4v) is 3.85. The Morgan fingerprint density at radius 3 is 2.59 bits per heavy atom. The number of ether oxygens (including phenoxy) is 1. The molecule has 29 heavy (non-hydrogen) atoms. The lowest BCUT2D eigenvalue weighted by Gasteiger charge is -2.29. The summed E-state index contributed by atoms with van der Waals surface area (Å²) in [6.45, 7) is 3.68. The highest BCUT2D eigenvalue weighted by Gasteiger charge is 2.36. The number of carbonyl (C=O) groups excluding carboxylic acids is 2. The first kappa shape index (κ1) is 19.7. The molecule has 2 heterocycles. The molecule has 2 aliphatic rings. The maximum atomic E-state index is 13.3. The summed E-state index contributed by atoms with van der Waals surface area (Å²) in [7, 11) is 0. The third-order valence-electron chi connectivity index (χ3n) is 5.66. The van der Waals surface area contributed by atoms with Crippen molar-refractivity contribution in [2.75, 3.05) is 19.7 Å². The van der Waals surface area contributed by atoms with Crippen LogP contribution in [0, 0.1) is 6.92 Å². The molecule has 1 atom stereocenters. The van der Waals surface area contributed by atoms with Crippen LogP contribution in [0.4, 0.5) is 0 Å². The summed E-state index contributed by atoms with van der Waals surface area (Å²) in [5.41, 5.74) is 1.60. The van der Waals surface area contributed by atoms with E-state index < -0.39 is 0 Å². The van der Waals surface area contributed by atoms with Crippen LogP contribution in [-0.2, 0) is 16.1 Å². The topological polar surface area (TPSA) is 63.0 Å². The molecule has 1 saturated carbocycles. The minimum atomic E-state index is -0.0641. The van der Waals surface area contributed by atoms with Crippen LogP contribution in [0.15, 0.2) is 47.1 Å². The van der Waals surface area contributed by atoms with Gasteiger partial charge in [0.15, 0.2) is 0 Å². The lowest BCUT2D eigenvalue weighted by Crippen LogP contribution is -2.45. The van der Waals surface area contributed by atoms with Gasteiger partial charge in [-0.15, -0.1) is 0 Å². The number of rotatable bonds is 8. The Morgan fingerprint density at radius 2 is 1.93 bits per heavy atom. The second-order valence-electron chi connectivity index (χ2n) is 7.97. The van der Waals surface area contributed by atoms with E-state index in [2.05, 4.69) is 0 Å². The van der Waals surface area contributed by atoms with Crippen molar-refractivity contribution in [3.63, 3.8) is 0 Å². The van der Waals surface area contributed by atoms with Crippen LogP contribution in [0.1, 0.15) is 47.4 Å². The molecule has 2 amide bonds. The predicted molar refractivity (Wildman–Crippen MR) is 108 cm³/mol. The van der Waals surface area contributed by atoms with Crippen molar-refractivity contribution < 1.29 is 18.7 Å². The molecule has 2 fully saturated rings. The van der Waals surface area contributed by atoms with Gasteiger partial charge in [-0.25, -0.2) is 0 Å². The van der Waals surface area contributed by atoms with E-state index >= 15 is 0 Å². The van der Waals surface area contributed by atoms with Crippen molar-refractivity contribution in [3.8, 4) is 0 Å². The molecule has 0 unspecified atom stereocenters. The van der Waals surface area contributed by atoms with Gasteiger partial charge in [0, 0.05) is 24.8 Å². The van der Waals surface area contributed by atoms with Gasteiger partial charge in [-0.3, -0.25) is 9.59 Å². The van der Waals surface area contributed by atoms with Crippen molar-refractivity contribution in [3.05, 3.63) is 59.5 Å². The van der Waals surface area contributed by atoms with Gasteiger partial charge >= 0.3 is 0 Å². The van der Waals surface area contributed by atoms with Gasteiger partial charge in [0.2, 0.25) is 5.91 Å². The second kappa shape index (κ2) is 8.82. The van der Waals surface area contributed by atoms with E-state index in [-0.39, 0.29) is 30.5 Å². The third kappa shape index (κ3) is 4.88. The normalized spacial score (nSPS) is 18.6. The second-order valence-corrected chi connectivity index (χ2v) is 7.97. The zero-order chi connectivity index (χ0) is 20.2. The van der Waals surface area contributed by atoms with Crippen LogP contribution < -0.4 is 0 Å². The van der Waals surface area contributed by atoms with Gasteiger partial charge in [0.05, 0.1) is 18.9 Å². The molecule has 0 bridgehead atoms. The van der Waals surface area contributed by atoms with Crippen LogP contribution in [0.5, 0.6) is 0 Å². The summed E-state index contributed by atoms with van der Waals surface area (Å²) in [4.78, 5) is 30.0. The number of furan rings is 1. The number of amides is 2. The van der Waals surface area contributed by atoms with E-state index in [1.807, 2.05) is 43.3 Å². The first-order valence-corrected chi connectivity index (χ1v) is 10.4. The average Bonchev–Trinajstić information content (AvgIpc) is 3.18. The number of hydrogen-bond acceptors (Lipinski definition) is 4. The Labute approximate surface area is 171 Å². The zero-order valence-corrected chi connectivity index (χ0v) is 16.9. The molecule has 1 saturated heterocycles. The Morgan fingerprint density at radius 1 is 1.10 bits per heavy atom. The number of hydrogen-bond donors (Lipinski definition) is 0. The summed E-state index contributed by atoms with van der Waals surface area (Å²) in [5, 5.41) is 0. The van der Waals surface area contributed by atoms with E-state index in [4.69, 9.17) is 9.15 Å². The van der Waals surface area contributed by atoms with Crippen LogP contribution in [0.2, 0.25) is 0 Å². The molecule has 6 nitrogen and oxygen atoms in total. The van der Waals surface area contributed by atoms with E-state index in [0.29, 0.717) is 18.7 Å². The van der Waals surface area contributed by atoms with Crippen molar-refractivity contribution in [1.82, 2.24) is 9.80 Å². The number of nitrogens with zero attached hydrogens (tertiary/aromatic N) is 2. The molecule has 0 radical (unpaired) electrons. The fraction of sp³-hybridized carbons (Fsp3) is 0.478. The van der Waals surface area contributed by atoms with Crippen LogP contribution in [0.25, 0.3) is 0 Å². The molecule has 1 aliphatic heterocycles. The van der Waals surface area contributed by atoms with Crippen molar-refractivity contribution in [2.45, 2.75) is 51.3 Å². The highest BCUT2D eigenvalue weighted by atomic mass is 16.5. The average molecular weight is 396 g/mol. The molecule has 2 aromatic rings. The van der Waals surface area contributed by atoms with Gasteiger partial charge in [-0.1, -0.05) is 18.2 Å². The summed E-state index contributed by atoms with van der Waals surface area (Å²) < 4.78 is 11.2. The van der Waals surface area contributed by atoms with Gasteiger partial charge in [0.25, 0.3) is 5.91 Å². The van der Waals surface area contributed by atoms with Crippen LogP contribution in [0.3, 0.4) is 0 Å². The molecule has 154 valence electrons. The number of benzene rings is 1. The molecule has 1 aromatic carbocycles. The first-order chi connectivity index (χ1) is 14.1. The van der Waals surface area contributed by atoms with Gasteiger partial charge in [0.1, 0.15) is 12.3 Å². The zero-order valence-electron chi connectivity index (χ0n) is 16.9. The Hall–Kier alpha value is -2.60. The molecule has 1 aromatic heterocycles. The smallest absolute Gasteiger partial charge is 0.254 e. The molecular weight excluding hydrogens is 368 g/mol. The maximum Gasteiger partial charge on any atom is 0.254 e. The summed E-state index contributed by atoms with van der Waals surface area (Å²) in [6.07, 6.45) is 5.55. The monoisotopic (exact) mass is 396 g/mol. The highest BCUT2D eigenvalue weighted by molar-refractivity contribution is 5.98. The first-order valence-electron chi connectivity index (χ1n) is 10.4. The lowest BCUT2D eigenvalue weighted by molar-refractivity contribution is -0.134. The van der Waals surface area contributed by atoms with Crippen molar-refractivity contribution >= 4 is 11.8 Å². The van der Waals surface area contributed by atoms with E-state index in [0.717, 1.165) is 43.6 Å². The van der Waals surface area contributed by atoms with E-state index in [1.54, 1.807) is 16.1 Å². The van der Waals surface area contributed by atoms with Crippen LogP contribution in [-0.4, -0.2) is 53.5 Å². The molecular formula is C23H28N2O4. The largest absolute Gasteiger partial charge is 0.467 e. The predicted octanol–water partition coefficient (Wildman–Crippen LogP) is 3.40. The standard InChI is InChI=1S/C23H28N2O4/c1-17-6-2-3-9-21(17)23(27)25(18-10-11-18)16-22(26)24(14-19-7-4-12-28-19)15-20-8-5-13-29-20/h2-4,6-7,9,12,18,20H,5,8,10-11,13-16H2,1H3/t20-/m0/s1. The van der Waals surface area contributed by atoms with Crippen molar-refractivity contribution in [1.29, 1.82) is 0 Å². The Balaban J connectivity index is 1.49. The molecule has 4 rings (SSSR count). The quantitative estimate of drug-likeness (QED) is 0.686. The SMILES string of the molecule is Cc1ccccc1C(=O)N(CC(=O)N(Cc1ccco1)C[C@@H]1CCCO1)C1CC1. The molecule has 6 heteroatoms. The summed E-state index contributed by atoms with van der Waals surface area (Å²) in [5.74, 6) is 0.610. The fourth-order valence-electron chi connectivity index (χ4n) is 3.85. The Bertz CT molecular complexity index is 838. The highest BCUT2D eigenvalue weighted by Crippen LogP contribution is 2.29. The van der Waals surface area contributed by atoms with E-state index in [1.165, 1.54) is 0 Å². The van der Waals surface area contributed by atoms with E-state index in [9.17, 15) is 9.59 Å². The minimum absolute atomic E-state index is 0.0513. The molecule has 1 aliphatic carbocycles. The molecule has 0 spiro atoms. The van der Waals surface area contributed by atoms with Crippen molar-refractivity contribution in [2.24, 2.45) is 0 Å². The minimum Gasteiger partial charge on any atom is -0.467 e. The number of aryl methyl sites for hydroxylation is 1. The summed E-state index contributed by atoms with van der Waals surface area (Å²) >= 11 is 0. The van der Waals surface area contributed by atoms with Gasteiger partial charge in [-0.05, 0) is 56.4 Å². The third-order valence-corrected chi connectivity index (χ3v) is 5.66. The Kier molecular flexibility index (Phi) is 6.00. The van der Waals surface area contributed by atoms with Crippen LogP contribution >= 0.6 is 0 Å². The maximum absolute atomic E-state index is 13.3. The molecule has 0 N–H and O–H groups in total. The number of carbonyl (C=O) groups is 2.